The van der Waals surface area contributed by atoms with Crippen molar-refractivity contribution in [2.45, 2.75) is 13.5 Å². The third-order valence-corrected chi connectivity index (χ3v) is 5.13. The van der Waals surface area contributed by atoms with Gasteiger partial charge in [-0.3, -0.25) is 9.69 Å². The third kappa shape index (κ3) is 3.79. The van der Waals surface area contributed by atoms with Gasteiger partial charge in [-0.25, -0.2) is 9.18 Å². The molecule has 1 aliphatic rings. The monoisotopic (exact) mass is 409 g/mol. The Bertz CT molecular complexity index is 1140. The molecule has 3 amide bonds. The van der Waals surface area contributed by atoms with Crippen molar-refractivity contribution in [2.24, 2.45) is 0 Å². The Balaban J connectivity index is 1.60. The molecule has 4 rings (SSSR count). The van der Waals surface area contributed by atoms with E-state index in [2.05, 4.69) is 5.32 Å². The predicted octanol–water partition coefficient (Wildman–Crippen LogP) is 4.67. The Morgan fingerprint density at radius 3 is 2.59 bits per heavy atom. The Labute approximate surface area is 172 Å². The summed E-state index contributed by atoms with van der Waals surface area (Å²) in [7, 11) is 0. The maximum atomic E-state index is 13.1. The van der Waals surface area contributed by atoms with Crippen molar-refractivity contribution in [3.63, 3.8) is 0 Å². The fraction of sp³-hybridized carbons (Fsp3) is 0.0909. The van der Waals surface area contributed by atoms with Gasteiger partial charge in [0.25, 0.3) is 5.91 Å². The number of amides is 3. The molecular formula is C22H17ClFN3O2. The number of halogens is 2. The van der Waals surface area contributed by atoms with Crippen molar-refractivity contribution in [1.29, 1.82) is 0 Å². The van der Waals surface area contributed by atoms with E-state index in [-0.39, 0.29) is 18.1 Å². The van der Waals surface area contributed by atoms with E-state index < -0.39 is 11.9 Å². The van der Waals surface area contributed by atoms with Crippen LogP contribution in [0.3, 0.4) is 0 Å². The van der Waals surface area contributed by atoms with E-state index in [1.807, 2.05) is 48.0 Å². The van der Waals surface area contributed by atoms with Crippen LogP contribution in [0.25, 0.3) is 11.8 Å². The normalized spacial score (nSPS) is 15.3. The molecule has 5 nitrogen and oxygen atoms in total. The van der Waals surface area contributed by atoms with Gasteiger partial charge in [-0.1, -0.05) is 29.8 Å². The van der Waals surface area contributed by atoms with E-state index in [1.54, 1.807) is 18.2 Å². The van der Waals surface area contributed by atoms with Gasteiger partial charge in [0.15, 0.2) is 0 Å². The summed E-state index contributed by atoms with van der Waals surface area (Å²) in [6, 6.07) is 14.5. The fourth-order valence-corrected chi connectivity index (χ4v) is 3.29. The SMILES string of the molecule is Cc1ccc(-n2cccc2/C=C2/NC(=O)N(Cc3ccc(F)cc3)C2=O)cc1Cl. The van der Waals surface area contributed by atoms with Crippen LogP contribution >= 0.6 is 11.6 Å². The van der Waals surface area contributed by atoms with Crippen molar-refractivity contribution < 1.29 is 14.0 Å². The summed E-state index contributed by atoms with van der Waals surface area (Å²) in [5.74, 6) is -0.808. The van der Waals surface area contributed by atoms with Crippen LogP contribution in [-0.2, 0) is 11.3 Å². The molecule has 0 atom stereocenters. The van der Waals surface area contributed by atoms with E-state index in [4.69, 9.17) is 11.6 Å². The van der Waals surface area contributed by atoms with E-state index in [0.29, 0.717) is 10.6 Å². The number of rotatable bonds is 4. The van der Waals surface area contributed by atoms with Crippen molar-refractivity contribution in [1.82, 2.24) is 14.8 Å². The van der Waals surface area contributed by atoms with Crippen LogP contribution in [-0.4, -0.2) is 21.4 Å². The summed E-state index contributed by atoms with van der Waals surface area (Å²) in [5, 5.41) is 3.25. The number of nitrogens with one attached hydrogen (secondary N) is 1. The summed E-state index contributed by atoms with van der Waals surface area (Å²) < 4.78 is 14.9. The highest BCUT2D eigenvalue weighted by molar-refractivity contribution is 6.31. The van der Waals surface area contributed by atoms with Crippen molar-refractivity contribution in [3.05, 3.63) is 94.2 Å². The van der Waals surface area contributed by atoms with Crippen molar-refractivity contribution >= 4 is 29.6 Å². The predicted molar refractivity (Wildman–Crippen MR) is 109 cm³/mol. The van der Waals surface area contributed by atoms with Crippen LogP contribution < -0.4 is 5.32 Å². The van der Waals surface area contributed by atoms with Gasteiger partial charge < -0.3 is 9.88 Å². The summed E-state index contributed by atoms with van der Waals surface area (Å²) >= 11 is 6.23. The molecule has 0 aliphatic carbocycles. The fourth-order valence-electron chi connectivity index (χ4n) is 3.11. The van der Waals surface area contributed by atoms with Gasteiger partial charge in [0.2, 0.25) is 0 Å². The quantitative estimate of drug-likeness (QED) is 0.503. The van der Waals surface area contributed by atoms with Crippen molar-refractivity contribution in [3.8, 4) is 5.69 Å². The number of urea groups is 1. The first kappa shape index (κ1) is 19.0. The van der Waals surface area contributed by atoms with E-state index >= 15 is 0 Å². The number of aryl methyl sites for hydroxylation is 1. The number of hydrogen-bond acceptors (Lipinski definition) is 2. The first-order valence-electron chi connectivity index (χ1n) is 8.95. The summed E-state index contributed by atoms with van der Waals surface area (Å²) in [6.45, 7) is 1.99. The topological polar surface area (TPSA) is 54.3 Å². The lowest BCUT2D eigenvalue weighted by Gasteiger charge is -2.11. The highest BCUT2D eigenvalue weighted by Crippen LogP contribution is 2.23. The first-order valence-corrected chi connectivity index (χ1v) is 9.33. The van der Waals surface area contributed by atoms with Gasteiger partial charge in [-0.05, 0) is 60.5 Å². The Hall–Kier alpha value is -3.38. The standard InChI is InChI=1S/C22H17ClFN3O2/c1-14-4-9-18(11-19(14)23)26-10-2-3-17(26)12-20-21(28)27(22(29)25-20)13-15-5-7-16(24)8-6-15/h2-12H,13H2,1H3,(H,25,29)/b20-12+. The van der Waals surface area contributed by atoms with Crippen molar-refractivity contribution in [2.75, 3.05) is 0 Å². The number of imide groups is 1. The minimum atomic E-state index is -0.512. The molecule has 1 aromatic heterocycles. The molecule has 0 bridgehead atoms. The Morgan fingerprint density at radius 2 is 1.86 bits per heavy atom. The molecule has 0 unspecified atom stereocenters. The maximum Gasteiger partial charge on any atom is 0.329 e. The van der Waals surface area contributed by atoms with E-state index in [9.17, 15) is 14.0 Å². The van der Waals surface area contributed by atoms with Gasteiger partial charge >= 0.3 is 6.03 Å². The third-order valence-electron chi connectivity index (χ3n) is 4.72. The maximum absolute atomic E-state index is 13.1. The van der Waals surface area contributed by atoms with Crippen LogP contribution in [0.1, 0.15) is 16.8 Å². The molecule has 0 radical (unpaired) electrons. The lowest BCUT2D eigenvalue weighted by Crippen LogP contribution is -2.30. The largest absolute Gasteiger partial charge is 0.329 e. The first-order chi connectivity index (χ1) is 13.9. The molecule has 1 aliphatic heterocycles. The lowest BCUT2D eigenvalue weighted by molar-refractivity contribution is -0.123. The molecule has 29 heavy (non-hydrogen) atoms. The zero-order valence-electron chi connectivity index (χ0n) is 15.5. The highest BCUT2D eigenvalue weighted by Gasteiger charge is 2.33. The summed E-state index contributed by atoms with van der Waals surface area (Å²) in [5.41, 5.74) is 3.37. The van der Waals surface area contributed by atoms with Crippen LogP contribution in [0.2, 0.25) is 5.02 Å². The number of hydrogen-bond donors (Lipinski definition) is 1. The second-order valence-corrected chi connectivity index (χ2v) is 7.15. The van der Waals surface area contributed by atoms with Gasteiger partial charge in [-0.15, -0.1) is 0 Å². The molecule has 0 spiro atoms. The molecule has 1 fully saturated rings. The smallest absolute Gasteiger partial charge is 0.317 e. The number of nitrogens with zero attached hydrogens (tertiary/aromatic N) is 2. The minimum Gasteiger partial charge on any atom is -0.317 e. The second-order valence-electron chi connectivity index (χ2n) is 6.74. The van der Waals surface area contributed by atoms with Crippen LogP contribution in [0.4, 0.5) is 9.18 Å². The average molecular weight is 410 g/mol. The highest BCUT2D eigenvalue weighted by atomic mass is 35.5. The van der Waals surface area contributed by atoms with Crippen LogP contribution in [0, 0.1) is 12.7 Å². The van der Waals surface area contributed by atoms with E-state index in [1.165, 1.54) is 12.1 Å². The number of aromatic nitrogens is 1. The summed E-state index contributed by atoms with van der Waals surface area (Å²) in [4.78, 5) is 26.1. The molecule has 2 heterocycles. The average Bonchev–Trinajstić information content (AvgIpc) is 3.26. The molecule has 146 valence electrons. The van der Waals surface area contributed by atoms with Gasteiger partial charge in [0.05, 0.1) is 6.54 Å². The summed E-state index contributed by atoms with van der Waals surface area (Å²) in [6.07, 6.45) is 3.48. The number of carbonyl (C=O) groups is 2. The molecular weight excluding hydrogens is 393 g/mol. The second kappa shape index (κ2) is 7.56. The van der Waals surface area contributed by atoms with E-state index in [0.717, 1.165) is 21.8 Å². The number of carbonyl (C=O) groups excluding carboxylic acids is 2. The zero-order chi connectivity index (χ0) is 20.5. The molecule has 7 heteroatoms. The van der Waals surface area contributed by atoms with Gasteiger partial charge in [0.1, 0.15) is 11.5 Å². The Kier molecular flexibility index (Phi) is 4.94. The van der Waals surface area contributed by atoms with Crippen LogP contribution in [0.5, 0.6) is 0 Å². The molecule has 1 N–H and O–H groups in total. The lowest BCUT2D eigenvalue weighted by atomic mass is 10.2. The Morgan fingerprint density at radius 1 is 1.10 bits per heavy atom. The molecule has 1 saturated heterocycles. The molecule has 2 aromatic carbocycles. The zero-order valence-corrected chi connectivity index (χ0v) is 16.3. The number of benzene rings is 2. The molecule has 0 saturated carbocycles. The van der Waals surface area contributed by atoms with Gasteiger partial charge in [-0.2, -0.15) is 0 Å². The molecule has 3 aromatic rings. The van der Waals surface area contributed by atoms with Crippen LogP contribution in [0.15, 0.2) is 66.5 Å². The minimum absolute atomic E-state index is 0.0663. The van der Waals surface area contributed by atoms with Gasteiger partial charge in [0, 0.05) is 22.6 Å².